The van der Waals surface area contributed by atoms with Crippen molar-refractivity contribution < 1.29 is 4.79 Å². The molecule has 3 N–H and O–H groups in total. The molecule has 3 unspecified atom stereocenters. The summed E-state index contributed by atoms with van der Waals surface area (Å²) >= 11 is 0. The predicted octanol–water partition coefficient (Wildman–Crippen LogP) is 3.12. The third-order valence-corrected chi connectivity index (χ3v) is 6.65. The van der Waals surface area contributed by atoms with E-state index < -0.39 is 0 Å². The van der Waals surface area contributed by atoms with Gasteiger partial charge in [0.2, 0.25) is 5.91 Å². The molecular formula is C22H35N3O. The van der Waals surface area contributed by atoms with E-state index in [1.165, 1.54) is 30.4 Å². The minimum atomic E-state index is 0.148. The number of benzene rings is 1. The zero-order valence-corrected chi connectivity index (χ0v) is 16.6. The first-order valence-electron chi connectivity index (χ1n) is 10.3. The second-order valence-corrected chi connectivity index (χ2v) is 8.52. The Kier molecular flexibility index (Phi) is 6.36. The Morgan fingerprint density at radius 1 is 1.19 bits per heavy atom. The molecule has 0 heterocycles. The maximum atomic E-state index is 12.8. The van der Waals surface area contributed by atoms with Gasteiger partial charge in [-0.25, -0.2) is 0 Å². The molecule has 144 valence electrons. The molecule has 26 heavy (non-hydrogen) atoms. The molecular weight excluding hydrogens is 322 g/mol. The number of rotatable bonds is 6. The van der Waals surface area contributed by atoms with Crippen molar-refractivity contribution in [3.63, 3.8) is 0 Å². The lowest BCUT2D eigenvalue weighted by molar-refractivity contribution is -0.128. The standard InChI is InChI=1S/C22H35N3O/c1-4-15-8-10-16(11-9-15)20(25(2)3)14-24-22(26)19-12-17-6-5-7-18(13-19)21(17)23/h8-11,17-21H,4-7,12-14,23H2,1-3H3,(H,24,26). The summed E-state index contributed by atoms with van der Waals surface area (Å²) in [5, 5.41) is 3.24. The molecule has 2 aliphatic rings. The molecule has 2 fully saturated rings. The molecule has 3 atom stereocenters. The molecule has 3 rings (SSSR count). The van der Waals surface area contributed by atoms with Crippen molar-refractivity contribution in [3.8, 4) is 0 Å². The highest BCUT2D eigenvalue weighted by molar-refractivity contribution is 5.78. The topological polar surface area (TPSA) is 58.4 Å². The number of hydrogen-bond donors (Lipinski definition) is 2. The number of carbonyl (C=O) groups is 1. The predicted molar refractivity (Wildman–Crippen MR) is 107 cm³/mol. The van der Waals surface area contributed by atoms with Crippen molar-refractivity contribution in [1.29, 1.82) is 0 Å². The van der Waals surface area contributed by atoms with Crippen molar-refractivity contribution in [1.82, 2.24) is 10.2 Å². The fourth-order valence-corrected chi connectivity index (χ4v) is 4.92. The normalized spacial score (nSPS) is 29.4. The van der Waals surface area contributed by atoms with E-state index in [2.05, 4.69) is 55.5 Å². The van der Waals surface area contributed by atoms with Crippen molar-refractivity contribution in [2.75, 3.05) is 20.6 Å². The largest absolute Gasteiger partial charge is 0.354 e. The van der Waals surface area contributed by atoms with Gasteiger partial charge in [0.1, 0.15) is 0 Å². The summed E-state index contributed by atoms with van der Waals surface area (Å²) in [6, 6.07) is 9.29. The second kappa shape index (κ2) is 8.53. The molecule has 2 saturated carbocycles. The van der Waals surface area contributed by atoms with Crippen LogP contribution < -0.4 is 11.1 Å². The van der Waals surface area contributed by atoms with Gasteiger partial charge < -0.3 is 16.0 Å². The van der Waals surface area contributed by atoms with Crippen LogP contribution in [-0.4, -0.2) is 37.5 Å². The summed E-state index contributed by atoms with van der Waals surface area (Å²) in [7, 11) is 4.16. The molecule has 1 aromatic rings. The van der Waals surface area contributed by atoms with Crippen molar-refractivity contribution >= 4 is 5.91 Å². The van der Waals surface area contributed by atoms with Crippen LogP contribution in [0.2, 0.25) is 0 Å². The molecule has 0 radical (unpaired) electrons. The molecule has 1 amide bonds. The maximum absolute atomic E-state index is 12.8. The third-order valence-electron chi connectivity index (χ3n) is 6.65. The van der Waals surface area contributed by atoms with Gasteiger partial charge in [-0.2, -0.15) is 0 Å². The summed E-state index contributed by atoms with van der Waals surface area (Å²) in [5.41, 5.74) is 8.98. The van der Waals surface area contributed by atoms with Gasteiger partial charge in [-0.1, -0.05) is 37.6 Å². The highest BCUT2D eigenvalue weighted by atomic mass is 16.1. The van der Waals surface area contributed by atoms with E-state index in [4.69, 9.17) is 5.73 Å². The SMILES string of the molecule is CCc1ccc(C(CNC(=O)C2CC3CCCC(C2)C3N)N(C)C)cc1. The molecule has 2 aliphatic carbocycles. The van der Waals surface area contributed by atoms with E-state index in [0.29, 0.717) is 24.4 Å². The number of aryl methyl sites for hydroxylation is 1. The van der Waals surface area contributed by atoms with Crippen LogP contribution in [0, 0.1) is 17.8 Å². The molecule has 0 aromatic heterocycles. The summed E-state index contributed by atoms with van der Waals surface area (Å²) in [4.78, 5) is 15.0. The monoisotopic (exact) mass is 357 g/mol. The van der Waals surface area contributed by atoms with Crippen LogP contribution in [0.15, 0.2) is 24.3 Å². The third kappa shape index (κ3) is 4.29. The average molecular weight is 358 g/mol. The Balaban J connectivity index is 1.59. The molecule has 2 bridgehead atoms. The van der Waals surface area contributed by atoms with E-state index in [0.717, 1.165) is 19.3 Å². The molecule has 0 aliphatic heterocycles. The van der Waals surface area contributed by atoms with E-state index >= 15 is 0 Å². The van der Waals surface area contributed by atoms with Gasteiger partial charge in [0.15, 0.2) is 0 Å². The molecule has 0 saturated heterocycles. The van der Waals surface area contributed by atoms with Gasteiger partial charge >= 0.3 is 0 Å². The van der Waals surface area contributed by atoms with Gasteiger partial charge in [-0.3, -0.25) is 4.79 Å². The lowest BCUT2D eigenvalue weighted by Crippen LogP contribution is -2.49. The van der Waals surface area contributed by atoms with Gasteiger partial charge in [-0.05, 0) is 69.2 Å². The average Bonchev–Trinajstić information content (AvgIpc) is 2.61. The van der Waals surface area contributed by atoms with Gasteiger partial charge in [0.05, 0.1) is 6.04 Å². The number of nitrogens with one attached hydrogen (secondary N) is 1. The summed E-state index contributed by atoms with van der Waals surface area (Å²) in [6.07, 6.45) is 6.68. The van der Waals surface area contributed by atoms with Crippen LogP contribution in [0.3, 0.4) is 0 Å². The van der Waals surface area contributed by atoms with Crippen LogP contribution >= 0.6 is 0 Å². The number of amides is 1. The Labute approximate surface area is 158 Å². The quantitative estimate of drug-likeness (QED) is 0.822. The summed E-state index contributed by atoms with van der Waals surface area (Å²) in [6.45, 7) is 2.83. The first-order valence-corrected chi connectivity index (χ1v) is 10.3. The fourth-order valence-electron chi connectivity index (χ4n) is 4.92. The fraction of sp³-hybridized carbons (Fsp3) is 0.682. The highest BCUT2D eigenvalue weighted by Crippen LogP contribution is 2.41. The lowest BCUT2D eigenvalue weighted by Gasteiger charge is -2.43. The van der Waals surface area contributed by atoms with Crippen LogP contribution in [0.5, 0.6) is 0 Å². The highest BCUT2D eigenvalue weighted by Gasteiger charge is 2.40. The van der Waals surface area contributed by atoms with E-state index in [1.54, 1.807) is 0 Å². The van der Waals surface area contributed by atoms with Gasteiger partial charge in [0.25, 0.3) is 0 Å². The lowest BCUT2D eigenvalue weighted by atomic mass is 9.65. The number of fused-ring (bicyclic) bond motifs is 2. The van der Waals surface area contributed by atoms with E-state index in [1.807, 2.05) is 0 Å². The number of carbonyl (C=O) groups excluding carboxylic acids is 1. The van der Waals surface area contributed by atoms with E-state index in [9.17, 15) is 4.79 Å². The zero-order chi connectivity index (χ0) is 18.7. The van der Waals surface area contributed by atoms with Crippen molar-refractivity contribution in [3.05, 3.63) is 35.4 Å². The smallest absolute Gasteiger partial charge is 0.223 e. The Morgan fingerprint density at radius 2 is 1.81 bits per heavy atom. The van der Waals surface area contributed by atoms with Crippen LogP contribution in [0.1, 0.15) is 56.2 Å². The molecule has 4 heteroatoms. The summed E-state index contributed by atoms with van der Waals surface area (Å²) < 4.78 is 0. The Morgan fingerprint density at radius 3 is 2.35 bits per heavy atom. The summed E-state index contributed by atoms with van der Waals surface area (Å²) in [5.74, 6) is 1.47. The number of hydrogen-bond acceptors (Lipinski definition) is 3. The minimum Gasteiger partial charge on any atom is -0.354 e. The van der Waals surface area contributed by atoms with Crippen LogP contribution in [0.4, 0.5) is 0 Å². The minimum absolute atomic E-state index is 0.148. The number of nitrogens with zero attached hydrogens (tertiary/aromatic N) is 1. The number of likely N-dealkylation sites (N-methyl/N-ethyl adjacent to an activating group) is 1. The Bertz CT molecular complexity index is 584. The molecule has 1 aromatic carbocycles. The number of nitrogens with two attached hydrogens (primary N) is 1. The maximum Gasteiger partial charge on any atom is 0.223 e. The van der Waals surface area contributed by atoms with E-state index in [-0.39, 0.29) is 17.9 Å². The molecule has 4 nitrogen and oxygen atoms in total. The Hall–Kier alpha value is -1.39. The first-order chi connectivity index (χ1) is 12.5. The van der Waals surface area contributed by atoms with Gasteiger partial charge in [-0.15, -0.1) is 0 Å². The first kappa shape index (κ1) is 19.4. The van der Waals surface area contributed by atoms with Crippen molar-refractivity contribution in [2.24, 2.45) is 23.5 Å². The molecule has 0 spiro atoms. The second-order valence-electron chi connectivity index (χ2n) is 8.52. The van der Waals surface area contributed by atoms with Gasteiger partial charge in [0, 0.05) is 18.5 Å². The van der Waals surface area contributed by atoms with Crippen LogP contribution in [-0.2, 0) is 11.2 Å². The zero-order valence-electron chi connectivity index (χ0n) is 16.6. The van der Waals surface area contributed by atoms with Crippen molar-refractivity contribution in [2.45, 2.75) is 57.5 Å². The van der Waals surface area contributed by atoms with Crippen LogP contribution in [0.25, 0.3) is 0 Å².